The van der Waals surface area contributed by atoms with Gasteiger partial charge in [-0.15, -0.1) is 0 Å². The van der Waals surface area contributed by atoms with Crippen LogP contribution in [0.5, 0.6) is 0 Å². The van der Waals surface area contributed by atoms with E-state index < -0.39 is 11.9 Å². The van der Waals surface area contributed by atoms with Crippen molar-refractivity contribution in [1.29, 1.82) is 0 Å². The van der Waals surface area contributed by atoms with Crippen LogP contribution in [0.2, 0.25) is 0 Å². The molecule has 0 radical (unpaired) electrons. The Morgan fingerprint density at radius 1 is 1.04 bits per heavy atom. The van der Waals surface area contributed by atoms with Crippen molar-refractivity contribution < 1.29 is 14.7 Å². The molecular weight excluding hydrogens is 330 g/mol. The molecule has 2 N–H and O–H groups in total. The van der Waals surface area contributed by atoms with Gasteiger partial charge >= 0.3 is 12.0 Å². The molecule has 26 heavy (non-hydrogen) atoms. The van der Waals surface area contributed by atoms with E-state index in [1.54, 1.807) is 4.90 Å². The van der Waals surface area contributed by atoms with Gasteiger partial charge in [0.05, 0.1) is 5.92 Å². The summed E-state index contributed by atoms with van der Waals surface area (Å²) < 4.78 is 2.22. The van der Waals surface area contributed by atoms with Crippen molar-refractivity contribution >= 4 is 33.8 Å². The third kappa shape index (κ3) is 2.87. The molecule has 4 rings (SSSR count). The van der Waals surface area contributed by atoms with Crippen LogP contribution in [0.4, 0.5) is 4.79 Å². The first-order chi connectivity index (χ1) is 12.6. The average molecular weight is 351 g/mol. The number of amides is 2. The predicted octanol–water partition coefficient (Wildman–Crippen LogP) is 2.91. The minimum absolute atomic E-state index is 0.186. The third-order valence-electron chi connectivity index (χ3n) is 5.12. The lowest BCUT2D eigenvalue weighted by atomic mass is 10.1. The molecule has 0 aliphatic carbocycles. The molecule has 0 spiro atoms. The van der Waals surface area contributed by atoms with E-state index in [1.807, 2.05) is 24.3 Å². The first kappa shape index (κ1) is 16.4. The number of para-hydroxylation sites is 2. The molecule has 1 aromatic heterocycles. The van der Waals surface area contributed by atoms with Gasteiger partial charge in [-0.25, -0.2) is 4.79 Å². The molecule has 1 fully saturated rings. The summed E-state index contributed by atoms with van der Waals surface area (Å²) in [6.45, 7) is 1.94. The second-order valence-electron chi connectivity index (χ2n) is 6.69. The Labute approximate surface area is 151 Å². The lowest BCUT2D eigenvalue weighted by molar-refractivity contribution is -0.141. The highest BCUT2D eigenvalue weighted by molar-refractivity contribution is 6.07. The molecule has 1 aliphatic heterocycles. The molecular formula is C20H21N3O3. The number of carboxylic acids is 1. The first-order valence-corrected chi connectivity index (χ1v) is 8.86. The van der Waals surface area contributed by atoms with Crippen LogP contribution in [0.15, 0.2) is 48.5 Å². The van der Waals surface area contributed by atoms with E-state index in [4.69, 9.17) is 5.11 Å². The van der Waals surface area contributed by atoms with Gasteiger partial charge in [-0.05, 0) is 18.6 Å². The highest BCUT2D eigenvalue weighted by Crippen LogP contribution is 2.28. The quantitative estimate of drug-likeness (QED) is 0.759. The van der Waals surface area contributed by atoms with Gasteiger partial charge in [0.2, 0.25) is 0 Å². The van der Waals surface area contributed by atoms with Crippen LogP contribution in [0, 0.1) is 5.92 Å². The topological polar surface area (TPSA) is 74.6 Å². The average Bonchev–Trinajstić information content (AvgIpc) is 3.26. The van der Waals surface area contributed by atoms with Crippen LogP contribution < -0.4 is 5.32 Å². The zero-order valence-corrected chi connectivity index (χ0v) is 14.4. The Morgan fingerprint density at radius 2 is 1.65 bits per heavy atom. The highest BCUT2D eigenvalue weighted by Gasteiger charge is 2.30. The summed E-state index contributed by atoms with van der Waals surface area (Å²) in [4.78, 5) is 24.9. The fourth-order valence-corrected chi connectivity index (χ4v) is 3.78. The van der Waals surface area contributed by atoms with Gasteiger partial charge in [-0.1, -0.05) is 36.4 Å². The summed E-state index contributed by atoms with van der Waals surface area (Å²) in [7, 11) is 0. The number of likely N-dealkylation sites (tertiary alicyclic amines) is 1. The van der Waals surface area contributed by atoms with E-state index >= 15 is 0 Å². The number of urea groups is 1. The van der Waals surface area contributed by atoms with Crippen LogP contribution in [-0.2, 0) is 11.3 Å². The van der Waals surface area contributed by atoms with Crippen molar-refractivity contribution in [3.63, 3.8) is 0 Å². The maximum Gasteiger partial charge on any atom is 0.317 e. The Hall–Kier alpha value is -3.02. The number of rotatable bonds is 4. The first-order valence-electron chi connectivity index (χ1n) is 8.86. The van der Waals surface area contributed by atoms with Gasteiger partial charge in [0.15, 0.2) is 0 Å². The number of nitrogens with zero attached hydrogens (tertiary/aromatic N) is 2. The SMILES string of the molecule is O=C(O)C1CCN(C(=O)NCCn2c3ccccc3c3ccccc32)C1. The minimum Gasteiger partial charge on any atom is -0.481 e. The van der Waals surface area contributed by atoms with E-state index in [-0.39, 0.29) is 12.6 Å². The molecule has 0 bridgehead atoms. The number of carbonyl (C=O) groups excluding carboxylic acids is 1. The Morgan fingerprint density at radius 3 is 2.23 bits per heavy atom. The third-order valence-corrected chi connectivity index (χ3v) is 5.12. The van der Waals surface area contributed by atoms with E-state index in [1.165, 1.54) is 10.8 Å². The van der Waals surface area contributed by atoms with Gasteiger partial charge in [-0.3, -0.25) is 4.79 Å². The van der Waals surface area contributed by atoms with E-state index in [0.29, 0.717) is 26.1 Å². The summed E-state index contributed by atoms with van der Waals surface area (Å²) in [5, 5.41) is 14.4. The molecule has 2 aromatic carbocycles. The van der Waals surface area contributed by atoms with Gasteiger partial charge in [0.25, 0.3) is 0 Å². The lowest BCUT2D eigenvalue weighted by Crippen LogP contribution is -2.40. The van der Waals surface area contributed by atoms with Crippen molar-refractivity contribution in [1.82, 2.24) is 14.8 Å². The normalized spacial score (nSPS) is 17.1. The molecule has 1 aliphatic rings. The van der Waals surface area contributed by atoms with Crippen LogP contribution in [0.1, 0.15) is 6.42 Å². The number of hydrogen-bond acceptors (Lipinski definition) is 2. The summed E-state index contributed by atoms with van der Waals surface area (Å²) in [6.07, 6.45) is 0.523. The zero-order chi connectivity index (χ0) is 18.1. The van der Waals surface area contributed by atoms with Gasteiger partial charge in [0.1, 0.15) is 0 Å². The number of fused-ring (bicyclic) bond motifs is 3. The number of nitrogens with one attached hydrogen (secondary N) is 1. The minimum atomic E-state index is -0.828. The molecule has 1 unspecified atom stereocenters. The molecule has 6 nitrogen and oxygen atoms in total. The number of hydrogen-bond donors (Lipinski definition) is 2. The van der Waals surface area contributed by atoms with Gasteiger partial charge in [0, 0.05) is 48.0 Å². The van der Waals surface area contributed by atoms with Crippen LogP contribution >= 0.6 is 0 Å². The largest absolute Gasteiger partial charge is 0.481 e. The summed E-state index contributed by atoms with van der Waals surface area (Å²) in [6, 6.07) is 16.3. The molecule has 0 saturated carbocycles. The second-order valence-corrected chi connectivity index (χ2v) is 6.69. The van der Waals surface area contributed by atoms with Crippen LogP contribution in [0.25, 0.3) is 21.8 Å². The summed E-state index contributed by atoms with van der Waals surface area (Å²) >= 11 is 0. The van der Waals surface area contributed by atoms with Gasteiger partial charge < -0.3 is 19.9 Å². The van der Waals surface area contributed by atoms with Crippen molar-refractivity contribution in [3.8, 4) is 0 Å². The van der Waals surface area contributed by atoms with Crippen molar-refractivity contribution in [2.75, 3.05) is 19.6 Å². The number of carbonyl (C=O) groups is 2. The van der Waals surface area contributed by atoms with Gasteiger partial charge in [-0.2, -0.15) is 0 Å². The lowest BCUT2D eigenvalue weighted by Gasteiger charge is -2.17. The van der Waals surface area contributed by atoms with E-state index in [9.17, 15) is 9.59 Å². The molecule has 2 amide bonds. The van der Waals surface area contributed by atoms with Crippen LogP contribution in [-0.4, -0.2) is 46.2 Å². The fraction of sp³-hybridized carbons (Fsp3) is 0.300. The Bertz CT molecular complexity index is 926. The van der Waals surface area contributed by atoms with Crippen molar-refractivity contribution in [2.45, 2.75) is 13.0 Å². The molecule has 3 aromatic rings. The monoisotopic (exact) mass is 351 g/mol. The number of aromatic nitrogens is 1. The van der Waals surface area contributed by atoms with Crippen molar-refractivity contribution in [2.24, 2.45) is 5.92 Å². The van der Waals surface area contributed by atoms with E-state index in [0.717, 1.165) is 11.0 Å². The predicted molar refractivity (Wildman–Crippen MR) is 100 cm³/mol. The van der Waals surface area contributed by atoms with Crippen LogP contribution in [0.3, 0.4) is 0 Å². The molecule has 1 saturated heterocycles. The molecule has 1 atom stereocenters. The van der Waals surface area contributed by atoms with Crippen molar-refractivity contribution in [3.05, 3.63) is 48.5 Å². The molecule has 6 heteroatoms. The standard InChI is InChI=1S/C20H21N3O3/c24-19(25)14-9-11-22(13-14)20(26)21-10-12-23-17-7-3-1-5-15(17)16-6-2-4-8-18(16)23/h1-8,14H,9-13H2,(H,21,26)(H,24,25). The zero-order valence-electron chi connectivity index (χ0n) is 14.4. The smallest absolute Gasteiger partial charge is 0.317 e. The molecule has 134 valence electrons. The number of aliphatic carboxylic acids is 1. The second kappa shape index (κ2) is 6.71. The maximum atomic E-state index is 12.3. The number of benzene rings is 2. The summed E-state index contributed by atoms with van der Waals surface area (Å²) in [5.74, 6) is -1.27. The maximum absolute atomic E-state index is 12.3. The number of carboxylic acid groups (broad SMARTS) is 1. The fourth-order valence-electron chi connectivity index (χ4n) is 3.78. The summed E-state index contributed by atoms with van der Waals surface area (Å²) in [5.41, 5.74) is 2.30. The molecule has 2 heterocycles. The Balaban J connectivity index is 1.47. The highest BCUT2D eigenvalue weighted by atomic mass is 16.4. The van der Waals surface area contributed by atoms with E-state index in [2.05, 4.69) is 34.1 Å². The Kier molecular flexibility index (Phi) is 4.24.